The molecule has 1 aromatic heterocycles. The second kappa shape index (κ2) is 7.08. The van der Waals surface area contributed by atoms with Gasteiger partial charge in [-0.2, -0.15) is 0 Å². The molecule has 1 atom stereocenters. The van der Waals surface area contributed by atoms with Crippen molar-refractivity contribution in [1.29, 1.82) is 0 Å². The van der Waals surface area contributed by atoms with Crippen molar-refractivity contribution in [3.05, 3.63) is 39.8 Å². The molecule has 2 aliphatic rings. The van der Waals surface area contributed by atoms with Gasteiger partial charge in [0.25, 0.3) is 11.5 Å². The van der Waals surface area contributed by atoms with E-state index in [0.29, 0.717) is 34.3 Å². The maximum absolute atomic E-state index is 12.4. The molecule has 0 bridgehead atoms. The Morgan fingerprint density at radius 1 is 1.39 bits per heavy atom. The average Bonchev–Trinajstić information content (AvgIpc) is 2.62. The fourth-order valence-electron chi connectivity index (χ4n) is 3.11. The van der Waals surface area contributed by atoms with E-state index in [2.05, 4.69) is 25.6 Å². The van der Waals surface area contributed by atoms with Crippen molar-refractivity contribution in [1.82, 2.24) is 9.97 Å². The minimum atomic E-state index is -0.460. The highest BCUT2D eigenvalue weighted by Gasteiger charge is 2.24. The molecule has 144 valence electrons. The summed E-state index contributed by atoms with van der Waals surface area (Å²) < 4.78 is 5.29. The number of nitrogens with zero attached hydrogens (tertiary/aromatic N) is 2. The number of amides is 2. The van der Waals surface area contributed by atoms with Gasteiger partial charge in [0.15, 0.2) is 12.3 Å². The van der Waals surface area contributed by atoms with Crippen molar-refractivity contribution in [3.63, 3.8) is 0 Å². The van der Waals surface area contributed by atoms with Gasteiger partial charge in [-0.15, -0.1) is 0 Å². The zero-order valence-electron chi connectivity index (χ0n) is 14.8. The highest BCUT2D eigenvalue weighted by molar-refractivity contribution is 6.65. The summed E-state index contributed by atoms with van der Waals surface area (Å²) in [6.45, 7) is 1.86. The number of carbonyl (C=O) groups excluding carboxylic acids is 2. The number of aromatic nitrogens is 2. The molecular formula is C18H16ClN5O4. The summed E-state index contributed by atoms with van der Waals surface area (Å²) in [5.41, 5.74) is 1.40. The predicted molar refractivity (Wildman–Crippen MR) is 104 cm³/mol. The standard InChI is InChI=1S/C18H16ClN5O4/c1-8-4-12(19)21-16-15(8)23-18(24-17(16)27)22-13(25)6-9-2-3-11-10(5-9)20-14(26)7-28-11/h2-3,5,8H,4,6-7H2,1H3,(H,20,26)(H2,22,23,24,25,27). The molecule has 0 radical (unpaired) electrons. The van der Waals surface area contributed by atoms with Crippen LogP contribution in [-0.2, 0) is 16.0 Å². The summed E-state index contributed by atoms with van der Waals surface area (Å²) in [5, 5.41) is 5.65. The van der Waals surface area contributed by atoms with E-state index in [-0.39, 0.29) is 42.4 Å². The Morgan fingerprint density at radius 3 is 3.04 bits per heavy atom. The molecule has 2 aliphatic heterocycles. The average molecular weight is 402 g/mol. The number of hydrogen-bond donors (Lipinski definition) is 3. The molecule has 4 rings (SSSR count). The third-order valence-corrected chi connectivity index (χ3v) is 4.63. The lowest BCUT2D eigenvalue weighted by molar-refractivity contribution is -0.118. The summed E-state index contributed by atoms with van der Waals surface area (Å²) in [4.78, 5) is 46.9. The number of nitrogens with one attached hydrogen (secondary N) is 3. The van der Waals surface area contributed by atoms with Crippen LogP contribution < -0.4 is 20.9 Å². The van der Waals surface area contributed by atoms with Crippen LogP contribution in [0.4, 0.5) is 17.3 Å². The minimum Gasteiger partial charge on any atom is -0.482 e. The lowest BCUT2D eigenvalue weighted by atomic mass is 10.0. The summed E-state index contributed by atoms with van der Waals surface area (Å²) in [7, 11) is 0. The highest BCUT2D eigenvalue weighted by atomic mass is 35.5. The Labute approximate surface area is 164 Å². The van der Waals surface area contributed by atoms with Gasteiger partial charge in [0.2, 0.25) is 11.9 Å². The van der Waals surface area contributed by atoms with E-state index in [0.717, 1.165) is 0 Å². The molecule has 3 N–H and O–H groups in total. The Bertz CT molecular complexity index is 1080. The largest absolute Gasteiger partial charge is 0.482 e. The number of anilines is 2. The van der Waals surface area contributed by atoms with E-state index >= 15 is 0 Å². The Kier molecular flexibility index (Phi) is 4.60. The summed E-state index contributed by atoms with van der Waals surface area (Å²) >= 11 is 5.95. The van der Waals surface area contributed by atoms with Gasteiger partial charge < -0.3 is 10.1 Å². The van der Waals surface area contributed by atoms with Crippen LogP contribution >= 0.6 is 11.6 Å². The molecule has 0 fully saturated rings. The van der Waals surface area contributed by atoms with Gasteiger partial charge in [0, 0.05) is 12.3 Å². The smallest absolute Gasteiger partial charge is 0.278 e. The zero-order valence-corrected chi connectivity index (χ0v) is 15.6. The van der Waals surface area contributed by atoms with E-state index in [9.17, 15) is 14.4 Å². The van der Waals surface area contributed by atoms with Gasteiger partial charge in [0.05, 0.1) is 17.8 Å². The van der Waals surface area contributed by atoms with E-state index in [1.54, 1.807) is 18.2 Å². The fourth-order valence-corrected chi connectivity index (χ4v) is 3.43. The number of aromatic amines is 1. The van der Waals surface area contributed by atoms with Crippen molar-refractivity contribution in [2.75, 3.05) is 17.2 Å². The van der Waals surface area contributed by atoms with Crippen LogP contribution in [0.5, 0.6) is 5.75 Å². The number of rotatable bonds is 3. The SMILES string of the molecule is CC1CC(Cl)=Nc2c1nc(NC(=O)Cc1ccc3c(c1)NC(=O)CO3)[nH]c2=O. The van der Waals surface area contributed by atoms with Crippen molar-refractivity contribution in [3.8, 4) is 5.75 Å². The first-order chi connectivity index (χ1) is 13.4. The number of halogens is 1. The molecule has 9 nitrogen and oxygen atoms in total. The zero-order chi connectivity index (χ0) is 19.8. The van der Waals surface area contributed by atoms with E-state index in [1.807, 2.05) is 6.92 Å². The number of H-pyrrole nitrogens is 1. The van der Waals surface area contributed by atoms with Gasteiger partial charge in [0.1, 0.15) is 10.9 Å². The molecule has 10 heteroatoms. The van der Waals surface area contributed by atoms with Crippen molar-refractivity contribution < 1.29 is 14.3 Å². The molecular weight excluding hydrogens is 386 g/mol. The third kappa shape index (κ3) is 3.61. The Morgan fingerprint density at radius 2 is 2.21 bits per heavy atom. The molecule has 28 heavy (non-hydrogen) atoms. The van der Waals surface area contributed by atoms with Crippen molar-refractivity contribution in [2.24, 2.45) is 4.99 Å². The van der Waals surface area contributed by atoms with Crippen LogP contribution in [0.2, 0.25) is 0 Å². The van der Waals surface area contributed by atoms with Crippen molar-refractivity contribution in [2.45, 2.75) is 25.7 Å². The molecule has 0 saturated carbocycles. The quantitative estimate of drug-likeness (QED) is 0.725. The molecule has 3 heterocycles. The fraction of sp³-hybridized carbons (Fsp3) is 0.278. The highest BCUT2D eigenvalue weighted by Crippen LogP contribution is 2.31. The first-order valence-corrected chi connectivity index (χ1v) is 8.99. The summed E-state index contributed by atoms with van der Waals surface area (Å²) in [6.07, 6.45) is 0.519. The maximum atomic E-state index is 12.4. The second-order valence-corrected chi connectivity index (χ2v) is 7.07. The van der Waals surface area contributed by atoms with Gasteiger partial charge in [-0.1, -0.05) is 24.6 Å². The summed E-state index contributed by atoms with van der Waals surface area (Å²) in [5.74, 6) is -0.0822. The molecule has 2 amide bonds. The topological polar surface area (TPSA) is 126 Å². The lowest BCUT2D eigenvalue weighted by Crippen LogP contribution is -2.25. The van der Waals surface area contributed by atoms with E-state index < -0.39 is 5.56 Å². The van der Waals surface area contributed by atoms with Gasteiger partial charge in [-0.25, -0.2) is 9.98 Å². The molecule has 1 unspecified atom stereocenters. The second-order valence-electron chi connectivity index (χ2n) is 6.63. The van der Waals surface area contributed by atoms with Crippen LogP contribution in [0.15, 0.2) is 28.0 Å². The van der Waals surface area contributed by atoms with Crippen LogP contribution in [0.25, 0.3) is 0 Å². The predicted octanol–water partition coefficient (Wildman–Crippen LogP) is 2.06. The number of aliphatic imine (C=N–C) groups is 1. The van der Waals surface area contributed by atoms with Gasteiger partial charge in [-0.3, -0.25) is 24.7 Å². The minimum absolute atomic E-state index is 0.0299. The molecule has 2 aromatic rings. The third-order valence-electron chi connectivity index (χ3n) is 4.40. The van der Waals surface area contributed by atoms with Gasteiger partial charge in [-0.05, 0) is 17.7 Å². The molecule has 1 aromatic carbocycles. The first kappa shape index (κ1) is 18.2. The number of ether oxygens (including phenoxy) is 1. The van der Waals surface area contributed by atoms with Crippen LogP contribution in [-0.4, -0.2) is 33.6 Å². The van der Waals surface area contributed by atoms with Crippen molar-refractivity contribution >= 4 is 45.9 Å². The van der Waals surface area contributed by atoms with Gasteiger partial charge >= 0.3 is 0 Å². The Balaban J connectivity index is 1.51. The Hall–Kier alpha value is -3.20. The molecule has 0 saturated heterocycles. The monoisotopic (exact) mass is 401 g/mol. The number of fused-ring (bicyclic) bond motifs is 2. The van der Waals surface area contributed by atoms with E-state index in [1.165, 1.54) is 0 Å². The molecule has 0 spiro atoms. The van der Waals surface area contributed by atoms with Crippen LogP contribution in [0.1, 0.15) is 30.5 Å². The number of hydrogen-bond acceptors (Lipinski definition) is 6. The normalized spacial score (nSPS) is 17.6. The van der Waals surface area contributed by atoms with Crippen LogP contribution in [0.3, 0.4) is 0 Å². The first-order valence-electron chi connectivity index (χ1n) is 8.62. The maximum Gasteiger partial charge on any atom is 0.278 e. The van der Waals surface area contributed by atoms with Crippen LogP contribution in [0, 0.1) is 0 Å². The van der Waals surface area contributed by atoms with E-state index in [4.69, 9.17) is 16.3 Å². The number of carbonyl (C=O) groups is 2. The number of benzene rings is 1. The lowest BCUT2D eigenvalue weighted by Gasteiger charge is -2.19. The molecule has 0 aliphatic carbocycles. The summed E-state index contributed by atoms with van der Waals surface area (Å²) in [6, 6.07) is 5.10.